The number of rotatable bonds is 7. The quantitative estimate of drug-likeness (QED) is 0.760. The second-order valence-corrected chi connectivity index (χ2v) is 8.58. The number of sulfonamides is 2. The monoisotopic (exact) mass is 390 g/mol. The highest BCUT2D eigenvalue weighted by molar-refractivity contribution is 7.92. The number of hydrogen-bond donors (Lipinski definition) is 2. The van der Waals surface area contributed by atoms with Gasteiger partial charge in [-0.15, -0.1) is 0 Å². The predicted molar refractivity (Wildman–Crippen MR) is 89.1 cm³/mol. The molecule has 0 aliphatic rings. The highest BCUT2D eigenvalue weighted by Crippen LogP contribution is 2.20. The zero-order chi connectivity index (χ0) is 18.7. The van der Waals surface area contributed by atoms with Crippen molar-refractivity contribution in [2.75, 3.05) is 11.3 Å². The molecule has 0 radical (unpaired) electrons. The Balaban J connectivity index is 2.23. The van der Waals surface area contributed by atoms with E-state index in [1.54, 1.807) is 0 Å². The molecule has 2 aromatic carbocycles. The number of benzene rings is 2. The molecule has 0 aromatic heterocycles. The van der Waals surface area contributed by atoms with Crippen LogP contribution in [-0.2, 0) is 20.0 Å². The molecule has 0 aliphatic heterocycles. The fourth-order valence-electron chi connectivity index (χ4n) is 1.92. The standard InChI is InChI=1S/C15H16F2N2O4S2/c1-2-7-18-24(20,21)14-5-3-13(4-6-14)19-25(22,23)15-9-11(16)8-12(17)10-15/h3-6,8-10,18-19H,2,7H2,1H3. The number of anilines is 1. The molecule has 0 heterocycles. The molecule has 0 spiro atoms. The lowest BCUT2D eigenvalue weighted by Gasteiger charge is -2.10. The highest BCUT2D eigenvalue weighted by atomic mass is 32.2. The lowest BCUT2D eigenvalue weighted by atomic mass is 10.3. The van der Waals surface area contributed by atoms with Crippen LogP contribution in [-0.4, -0.2) is 23.4 Å². The summed E-state index contributed by atoms with van der Waals surface area (Å²) in [5, 5.41) is 0. The molecular formula is C15H16F2N2O4S2. The van der Waals surface area contributed by atoms with E-state index in [0.717, 1.165) is 0 Å². The topological polar surface area (TPSA) is 92.3 Å². The molecule has 136 valence electrons. The van der Waals surface area contributed by atoms with Crippen LogP contribution in [0.3, 0.4) is 0 Å². The first-order chi connectivity index (χ1) is 11.6. The third kappa shape index (κ3) is 4.97. The Morgan fingerprint density at radius 3 is 1.92 bits per heavy atom. The minimum absolute atomic E-state index is 0.0271. The van der Waals surface area contributed by atoms with Crippen molar-refractivity contribution in [2.24, 2.45) is 0 Å². The fourth-order valence-corrected chi connectivity index (χ4v) is 4.15. The van der Waals surface area contributed by atoms with Gasteiger partial charge in [-0.3, -0.25) is 4.72 Å². The van der Waals surface area contributed by atoms with E-state index in [1.165, 1.54) is 24.3 Å². The Hall–Kier alpha value is -2.04. The van der Waals surface area contributed by atoms with E-state index in [0.29, 0.717) is 24.6 Å². The summed E-state index contributed by atoms with van der Waals surface area (Å²) in [5.41, 5.74) is 0.0547. The molecule has 0 unspecified atom stereocenters. The van der Waals surface area contributed by atoms with Crippen LogP contribution >= 0.6 is 0 Å². The molecule has 0 saturated heterocycles. The molecule has 0 saturated carbocycles. The van der Waals surface area contributed by atoms with Gasteiger partial charge in [-0.1, -0.05) is 6.92 Å². The molecule has 0 fully saturated rings. The maximum absolute atomic E-state index is 13.2. The summed E-state index contributed by atoms with van der Waals surface area (Å²) < 4.78 is 79.1. The lowest BCUT2D eigenvalue weighted by molar-refractivity contribution is 0.568. The van der Waals surface area contributed by atoms with E-state index in [9.17, 15) is 25.6 Å². The van der Waals surface area contributed by atoms with Crippen molar-refractivity contribution in [3.05, 3.63) is 54.1 Å². The normalized spacial score (nSPS) is 12.1. The first kappa shape index (κ1) is 19.3. The van der Waals surface area contributed by atoms with E-state index in [-0.39, 0.29) is 17.1 Å². The van der Waals surface area contributed by atoms with Crippen LogP contribution in [0, 0.1) is 11.6 Å². The summed E-state index contributed by atoms with van der Waals surface area (Å²) >= 11 is 0. The van der Waals surface area contributed by atoms with Gasteiger partial charge in [0.05, 0.1) is 9.79 Å². The Morgan fingerprint density at radius 1 is 0.840 bits per heavy atom. The van der Waals surface area contributed by atoms with E-state index < -0.39 is 36.6 Å². The van der Waals surface area contributed by atoms with Crippen molar-refractivity contribution in [3.8, 4) is 0 Å². The number of halogens is 2. The first-order valence-electron chi connectivity index (χ1n) is 7.23. The van der Waals surface area contributed by atoms with Gasteiger partial charge in [-0.05, 0) is 42.8 Å². The highest BCUT2D eigenvalue weighted by Gasteiger charge is 2.18. The Morgan fingerprint density at radius 2 is 1.40 bits per heavy atom. The van der Waals surface area contributed by atoms with Crippen LogP contribution < -0.4 is 9.44 Å². The summed E-state index contributed by atoms with van der Waals surface area (Å²) in [6, 6.07) is 6.85. The van der Waals surface area contributed by atoms with Gasteiger partial charge < -0.3 is 0 Å². The maximum atomic E-state index is 13.2. The van der Waals surface area contributed by atoms with Crippen molar-refractivity contribution in [3.63, 3.8) is 0 Å². The Labute approximate surface area is 145 Å². The molecular weight excluding hydrogens is 374 g/mol. The SMILES string of the molecule is CCCNS(=O)(=O)c1ccc(NS(=O)(=O)c2cc(F)cc(F)c2)cc1. The third-order valence-electron chi connectivity index (χ3n) is 3.11. The maximum Gasteiger partial charge on any atom is 0.262 e. The van der Waals surface area contributed by atoms with Gasteiger partial charge in [0.1, 0.15) is 11.6 Å². The second-order valence-electron chi connectivity index (χ2n) is 5.13. The van der Waals surface area contributed by atoms with Gasteiger partial charge in [0.2, 0.25) is 10.0 Å². The van der Waals surface area contributed by atoms with Gasteiger partial charge in [0, 0.05) is 18.3 Å². The van der Waals surface area contributed by atoms with Crippen molar-refractivity contribution >= 4 is 25.7 Å². The zero-order valence-electron chi connectivity index (χ0n) is 13.2. The molecule has 10 heteroatoms. The van der Waals surface area contributed by atoms with E-state index in [2.05, 4.69) is 9.44 Å². The van der Waals surface area contributed by atoms with Crippen LogP contribution in [0.4, 0.5) is 14.5 Å². The van der Waals surface area contributed by atoms with Crippen molar-refractivity contribution in [2.45, 2.75) is 23.1 Å². The van der Waals surface area contributed by atoms with Crippen molar-refractivity contribution in [1.82, 2.24) is 4.72 Å². The van der Waals surface area contributed by atoms with Gasteiger partial charge in [0.15, 0.2) is 0 Å². The number of hydrogen-bond acceptors (Lipinski definition) is 4. The molecule has 0 atom stereocenters. The largest absolute Gasteiger partial charge is 0.280 e. The molecule has 6 nitrogen and oxygen atoms in total. The minimum Gasteiger partial charge on any atom is -0.280 e. The van der Waals surface area contributed by atoms with Crippen LogP contribution in [0.2, 0.25) is 0 Å². The molecule has 2 N–H and O–H groups in total. The van der Waals surface area contributed by atoms with Crippen LogP contribution in [0.25, 0.3) is 0 Å². The summed E-state index contributed by atoms with van der Waals surface area (Å²) in [6.07, 6.45) is 0.626. The van der Waals surface area contributed by atoms with Crippen molar-refractivity contribution in [1.29, 1.82) is 0 Å². The van der Waals surface area contributed by atoms with Crippen molar-refractivity contribution < 1.29 is 25.6 Å². The Kier molecular flexibility index (Phi) is 5.76. The molecule has 2 aromatic rings. The van der Waals surface area contributed by atoms with Gasteiger partial charge in [-0.25, -0.2) is 30.3 Å². The predicted octanol–water partition coefficient (Wildman–Crippen LogP) is 2.45. The van der Waals surface area contributed by atoms with Gasteiger partial charge in [0.25, 0.3) is 10.0 Å². The minimum atomic E-state index is -4.22. The fraction of sp³-hybridized carbons (Fsp3) is 0.200. The lowest BCUT2D eigenvalue weighted by Crippen LogP contribution is -2.24. The van der Waals surface area contributed by atoms with E-state index in [1.807, 2.05) is 6.92 Å². The van der Waals surface area contributed by atoms with Gasteiger partial charge in [-0.2, -0.15) is 0 Å². The Bertz CT molecular complexity index is 939. The average molecular weight is 390 g/mol. The summed E-state index contributed by atoms with van der Waals surface area (Å²) in [4.78, 5) is -0.605. The second kappa shape index (κ2) is 7.46. The molecule has 2 rings (SSSR count). The third-order valence-corrected chi connectivity index (χ3v) is 5.94. The summed E-state index contributed by atoms with van der Waals surface area (Å²) in [5.74, 6) is -2.05. The van der Waals surface area contributed by atoms with Crippen LogP contribution in [0.1, 0.15) is 13.3 Å². The smallest absolute Gasteiger partial charge is 0.262 e. The summed E-state index contributed by atoms with van der Waals surface area (Å²) in [6.45, 7) is 2.09. The van der Waals surface area contributed by atoms with E-state index in [4.69, 9.17) is 0 Å². The van der Waals surface area contributed by atoms with Crippen LogP contribution in [0.15, 0.2) is 52.3 Å². The number of nitrogens with one attached hydrogen (secondary N) is 2. The molecule has 25 heavy (non-hydrogen) atoms. The van der Waals surface area contributed by atoms with E-state index >= 15 is 0 Å². The summed E-state index contributed by atoms with van der Waals surface area (Å²) in [7, 11) is -7.89. The first-order valence-corrected chi connectivity index (χ1v) is 10.2. The van der Waals surface area contributed by atoms with Gasteiger partial charge >= 0.3 is 0 Å². The zero-order valence-corrected chi connectivity index (χ0v) is 14.8. The molecule has 0 amide bonds. The molecule has 0 bridgehead atoms. The molecule has 0 aliphatic carbocycles. The van der Waals surface area contributed by atoms with Crippen LogP contribution in [0.5, 0.6) is 0 Å². The average Bonchev–Trinajstić information content (AvgIpc) is 2.52.